The van der Waals surface area contributed by atoms with Crippen molar-refractivity contribution in [2.75, 3.05) is 20.1 Å². The normalized spacial score (nSPS) is 27.8. The Hall–Kier alpha value is -1.39. The fourth-order valence-corrected chi connectivity index (χ4v) is 4.49. The maximum Gasteiger partial charge on any atom is 0.237 e. The van der Waals surface area contributed by atoms with Crippen LogP contribution in [-0.4, -0.2) is 43.0 Å². The molecule has 1 saturated carbocycles. The molecular formula is C20H31N3O. The van der Waals surface area contributed by atoms with Crippen LogP contribution in [0.1, 0.15) is 38.2 Å². The summed E-state index contributed by atoms with van der Waals surface area (Å²) in [7, 11) is 1.88. The summed E-state index contributed by atoms with van der Waals surface area (Å²) in [6.07, 6.45) is 4.32. The lowest BCUT2D eigenvalue weighted by Gasteiger charge is -2.24. The van der Waals surface area contributed by atoms with Gasteiger partial charge in [0.15, 0.2) is 0 Å². The average Bonchev–Trinajstić information content (AvgIpc) is 3.15. The van der Waals surface area contributed by atoms with E-state index in [1.807, 2.05) is 7.05 Å². The molecule has 1 aliphatic heterocycles. The smallest absolute Gasteiger partial charge is 0.237 e. The van der Waals surface area contributed by atoms with Crippen molar-refractivity contribution in [3.8, 4) is 0 Å². The van der Waals surface area contributed by atoms with E-state index in [1.54, 1.807) is 0 Å². The van der Waals surface area contributed by atoms with Crippen LogP contribution in [0.15, 0.2) is 30.3 Å². The predicted octanol–water partition coefficient (Wildman–Crippen LogP) is 2.40. The minimum Gasteiger partial charge on any atom is -0.352 e. The Morgan fingerprint density at radius 3 is 2.75 bits per heavy atom. The van der Waals surface area contributed by atoms with Crippen LogP contribution in [0, 0.1) is 11.8 Å². The van der Waals surface area contributed by atoms with E-state index < -0.39 is 0 Å². The molecule has 1 heterocycles. The van der Waals surface area contributed by atoms with Gasteiger partial charge in [-0.05, 0) is 43.7 Å². The standard InChI is InChI=1S/C20H31N3O/c1-3-7-19(21-2)20(24)22-18-11-10-16-13-23(14-17(16)18)12-15-8-5-4-6-9-15/h4-6,8-9,16-19,21H,3,7,10-14H2,1-2H3,(H,22,24)/t16-,17?,18?,19?/m0/s1. The van der Waals surface area contributed by atoms with Crippen molar-refractivity contribution in [2.45, 2.75) is 51.2 Å². The summed E-state index contributed by atoms with van der Waals surface area (Å²) in [6.45, 7) is 5.45. The van der Waals surface area contributed by atoms with E-state index in [4.69, 9.17) is 0 Å². The first-order chi connectivity index (χ1) is 11.7. The van der Waals surface area contributed by atoms with Crippen LogP contribution in [-0.2, 0) is 11.3 Å². The van der Waals surface area contributed by atoms with E-state index in [0.717, 1.165) is 38.3 Å². The molecule has 0 radical (unpaired) electrons. The Morgan fingerprint density at radius 2 is 2.04 bits per heavy atom. The fourth-order valence-electron chi connectivity index (χ4n) is 4.49. The number of hydrogen-bond acceptors (Lipinski definition) is 3. The van der Waals surface area contributed by atoms with Gasteiger partial charge >= 0.3 is 0 Å². The summed E-state index contributed by atoms with van der Waals surface area (Å²) < 4.78 is 0. The molecule has 2 aliphatic rings. The summed E-state index contributed by atoms with van der Waals surface area (Å²) in [5, 5.41) is 6.50. The second kappa shape index (κ2) is 8.13. The van der Waals surface area contributed by atoms with E-state index in [2.05, 4.69) is 52.8 Å². The van der Waals surface area contributed by atoms with Crippen LogP contribution in [0.3, 0.4) is 0 Å². The molecule has 3 rings (SSSR count). The van der Waals surface area contributed by atoms with Crippen LogP contribution in [0.25, 0.3) is 0 Å². The third-order valence-corrected chi connectivity index (χ3v) is 5.75. The number of rotatable bonds is 7. The second-order valence-corrected chi connectivity index (χ2v) is 7.43. The highest BCUT2D eigenvalue weighted by atomic mass is 16.2. The van der Waals surface area contributed by atoms with Gasteiger partial charge in [0.2, 0.25) is 5.91 Å². The molecule has 2 fully saturated rings. The number of likely N-dealkylation sites (N-methyl/N-ethyl adjacent to an activating group) is 1. The number of carbonyl (C=O) groups excluding carboxylic acids is 1. The van der Waals surface area contributed by atoms with Crippen LogP contribution in [0.2, 0.25) is 0 Å². The third kappa shape index (κ3) is 3.98. The zero-order valence-corrected chi connectivity index (χ0v) is 15.0. The quantitative estimate of drug-likeness (QED) is 0.807. The second-order valence-electron chi connectivity index (χ2n) is 7.43. The first-order valence-corrected chi connectivity index (χ1v) is 9.45. The Bertz CT molecular complexity index is 533. The topological polar surface area (TPSA) is 44.4 Å². The van der Waals surface area contributed by atoms with Crippen molar-refractivity contribution in [2.24, 2.45) is 11.8 Å². The molecule has 4 nitrogen and oxygen atoms in total. The number of hydrogen-bond donors (Lipinski definition) is 2. The molecule has 1 amide bonds. The van der Waals surface area contributed by atoms with Crippen LogP contribution in [0.4, 0.5) is 0 Å². The lowest BCUT2D eigenvalue weighted by molar-refractivity contribution is -0.124. The third-order valence-electron chi connectivity index (χ3n) is 5.75. The zero-order valence-electron chi connectivity index (χ0n) is 15.0. The Balaban J connectivity index is 1.54. The highest BCUT2D eigenvalue weighted by Gasteiger charge is 2.43. The van der Waals surface area contributed by atoms with E-state index in [9.17, 15) is 4.79 Å². The van der Waals surface area contributed by atoms with E-state index in [0.29, 0.717) is 12.0 Å². The van der Waals surface area contributed by atoms with Gasteiger partial charge in [0, 0.05) is 25.7 Å². The number of likely N-dealkylation sites (tertiary alicyclic amines) is 1. The van der Waals surface area contributed by atoms with Gasteiger partial charge in [-0.2, -0.15) is 0 Å². The average molecular weight is 329 g/mol. The van der Waals surface area contributed by atoms with Gasteiger partial charge in [-0.15, -0.1) is 0 Å². The van der Waals surface area contributed by atoms with Crippen LogP contribution >= 0.6 is 0 Å². The monoisotopic (exact) mass is 329 g/mol. The molecule has 2 N–H and O–H groups in total. The summed E-state index contributed by atoms with van der Waals surface area (Å²) in [5.41, 5.74) is 1.39. The van der Waals surface area contributed by atoms with E-state index in [1.165, 1.54) is 18.5 Å². The Morgan fingerprint density at radius 1 is 1.25 bits per heavy atom. The van der Waals surface area contributed by atoms with Crippen molar-refractivity contribution in [3.05, 3.63) is 35.9 Å². The van der Waals surface area contributed by atoms with Crippen molar-refractivity contribution in [1.82, 2.24) is 15.5 Å². The molecule has 1 aliphatic carbocycles. The largest absolute Gasteiger partial charge is 0.352 e. The van der Waals surface area contributed by atoms with Crippen molar-refractivity contribution >= 4 is 5.91 Å². The number of nitrogens with one attached hydrogen (secondary N) is 2. The highest BCUT2D eigenvalue weighted by molar-refractivity contribution is 5.82. The number of benzene rings is 1. The first-order valence-electron chi connectivity index (χ1n) is 9.45. The molecular weight excluding hydrogens is 298 g/mol. The number of carbonyl (C=O) groups is 1. The Labute approximate surface area is 146 Å². The molecule has 0 bridgehead atoms. The fraction of sp³-hybridized carbons (Fsp3) is 0.650. The minimum atomic E-state index is -0.0455. The molecule has 132 valence electrons. The van der Waals surface area contributed by atoms with E-state index in [-0.39, 0.29) is 11.9 Å². The molecule has 1 aromatic carbocycles. The minimum absolute atomic E-state index is 0.0455. The van der Waals surface area contributed by atoms with Gasteiger partial charge in [-0.3, -0.25) is 9.69 Å². The first kappa shape index (κ1) is 17.4. The molecule has 0 aromatic heterocycles. The summed E-state index contributed by atoms with van der Waals surface area (Å²) in [4.78, 5) is 15.1. The van der Waals surface area contributed by atoms with E-state index >= 15 is 0 Å². The summed E-state index contributed by atoms with van der Waals surface area (Å²) in [6, 6.07) is 11.0. The van der Waals surface area contributed by atoms with Gasteiger partial charge in [-0.1, -0.05) is 43.7 Å². The van der Waals surface area contributed by atoms with Gasteiger partial charge in [0.25, 0.3) is 0 Å². The molecule has 1 saturated heterocycles. The molecule has 0 spiro atoms. The number of nitrogens with zero attached hydrogens (tertiary/aromatic N) is 1. The number of amides is 1. The molecule has 24 heavy (non-hydrogen) atoms. The van der Waals surface area contributed by atoms with Gasteiger partial charge in [0.1, 0.15) is 0 Å². The molecule has 4 atom stereocenters. The zero-order chi connectivity index (χ0) is 16.9. The van der Waals surface area contributed by atoms with Crippen LogP contribution in [0.5, 0.6) is 0 Å². The molecule has 1 aromatic rings. The molecule has 3 unspecified atom stereocenters. The lowest BCUT2D eigenvalue weighted by Crippen LogP contribution is -2.48. The number of fused-ring (bicyclic) bond motifs is 1. The summed E-state index contributed by atoms with van der Waals surface area (Å²) >= 11 is 0. The predicted molar refractivity (Wildman–Crippen MR) is 97.6 cm³/mol. The van der Waals surface area contributed by atoms with Crippen molar-refractivity contribution < 1.29 is 4.79 Å². The highest BCUT2D eigenvalue weighted by Crippen LogP contribution is 2.38. The van der Waals surface area contributed by atoms with Gasteiger partial charge < -0.3 is 10.6 Å². The molecule has 4 heteroatoms. The maximum atomic E-state index is 12.5. The van der Waals surface area contributed by atoms with Gasteiger partial charge in [-0.25, -0.2) is 0 Å². The van der Waals surface area contributed by atoms with Crippen LogP contribution < -0.4 is 10.6 Å². The van der Waals surface area contributed by atoms with Gasteiger partial charge in [0.05, 0.1) is 6.04 Å². The summed E-state index contributed by atoms with van der Waals surface area (Å²) in [5.74, 6) is 1.56. The SMILES string of the molecule is CCCC(NC)C(=O)NC1CC[C@H]2CN(Cc3ccccc3)CC12. The maximum absolute atomic E-state index is 12.5. The van der Waals surface area contributed by atoms with Crippen molar-refractivity contribution in [1.29, 1.82) is 0 Å². The van der Waals surface area contributed by atoms with Crippen molar-refractivity contribution in [3.63, 3.8) is 0 Å². The lowest BCUT2D eigenvalue weighted by atomic mass is 9.97. The Kier molecular flexibility index (Phi) is 5.90.